The zero-order valence-electron chi connectivity index (χ0n) is 15.4. The van der Waals surface area contributed by atoms with Gasteiger partial charge in [0.15, 0.2) is 0 Å². The Morgan fingerprint density at radius 2 is 1.72 bits per heavy atom. The van der Waals surface area contributed by atoms with Gasteiger partial charge in [0, 0.05) is 28.3 Å². The molecule has 0 radical (unpaired) electrons. The van der Waals surface area contributed by atoms with Gasteiger partial charge in [-0.1, -0.05) is 23.4 Å². The molecule has 3 rings (SSSR count). The van der Waals surface area contributed by atoms with E-state index in [0.29, 0.717) is 22.8 Å². The largest absolute Gasteiger partial charge is 0.352 e. The Hall–Kier alpha value is -2.55. The topological polar surface area (TPSA) is 88.2 Å². The molecule has 2 aromatic carbocycles. The Kier molecular flexibility index (Phi) is 6.79. The molecule has 0 bridgehead atoms. The molecule has 0 saturated heterocycles. The monoisotopic (exact) mass is 447 g/mol. The smallest absolute Gasteiger partial charge is 0.261 e. The van der Waals surface area contributed by atoms with Crippen molar-refractivity contribution in [1.29, 1.82) is 0 Å². The minimum absolute atomic E-state index is 0.136. The van der Waals surface area contributed by atoms with Gasteiger partial charge in [0.25, 0.3) is 15.9 Å². The van der Waals surface area contributed by atoms with Crippen LogP contribution < -0.4 is 10.0 Å². The summed E-state index contributed by atoms with van der Waals surface area (Å²) in [6.45, 7) is 2.41. The number of nitrogens with one attached hydrogen (secondary N) is 2. The van der Waals surface area contributed by atoms with Crippen molar-refractivity contribution in [2.24, 2.45) is 0 Å². The molecule has 9 heteroatoms. The molecule has 0 aliphatic heterocycles. The maximum atomic E-state index is 12.4. The van der Waals surface area contributed by atoms with Crippen molar-refractivity contribution in [3.8, 4) is 0 Å². The maximum Gasteiger partial charge on any atom is 0.261 e. The fraction of sp³-hybridized carbons (Fsp3) is 0.100. The van der Waals surface area contributed by atoms with Crippen molar-refractivity contribution in [3.63, 3.8) is 0 Å². The number of pyridine rings is 1. The average Bonchev–Trinajstić information content (AvgIpc) is 2.70. The van der Waals surface area contributed by atoms with E-state index >= 15 is 0 Å². The van der Waals surface area contributed by atoms with E-state index in [0.717, 1.165) is 9.92 Å². The number of benzene rings is 2. The van der Waals surface area contributed by atoms with Crippen molar-refractivity contribution >= 4 is 45.0 Å². The average molecular weight is 448 g/mol. The number of hydrogen-bond acceptors (Lipinski definition) is 5. The molecule has 2 N–H and O–H groups in total. The number of carbonyl (C=O) groups is 1. The first-order valence-corrected chi connectivity index (χ1v) is 11.4. The quantitative estimate of drug-likeness (QED) is 0.559. The molecule has 6 nitrogen and oxygen atoms in total. The molecular weight excluding hydrogens is 430 g/mol. The van der Waals surface area contributed by atoms with E-state index < -0.39 is 10.0 Å². The van der Waals surface area contributed by atoms with Crippen molar-refractivity contribution in [3.05, 3.63) is 77.4 Å². The van der Waals surface area contributed by atoms with Crippen LogP contribution in [0.2, 0.25) is 5.02 Å². The molecule has 1 heterocycles. The Balaban J connectivity index is 1.65. The van der Waals surface area contributed by atoms with Crippen molar-refractivity contribution in [1.82, 2.24) is 10.3 Å². The fourth-order valence-electron chi connectivity index (χ4n) is 2.38. The molecule has 1 aromatic heterocycles. The van der Waals surface area contributed by atoms with E-state index in [1.54, 1.807) is 36.4 Å². The number of halogens is 1. The van der Waals surface area contributed by atoms with Gasteiger partial charge in [-0.3, -0.25) is 9.52 Å². The summed E-state index contributed by atoms with van der Waals surface area (Å²) in [5.74, 6) is -0.158. The van der Waals surface area contributed by atoms with Crippen LogP contribution in [-0.2, 0) is 10.0 Å². The van der Waals surface area contributed by atoms with Crippen LogP contribution in [0.3, 0.4) is 0 Å². The summed E-state index contributed by atoms with van der Waals surface area (Å²) in [5, 5.41) is 3.92. The summed E-state index contributed by atoms with van der Waals surface area (Å²) in [6.07, 6.45) is 1.53. The number of sulfonamides is 1. The second-order valence-corrected chi connectivity index (χ2v) is 9.14. The van der Waals surface area contributed by atoms with Crippen molar-refractivity contribution in [2.75, 3.05) is 11.3 Å². The number of hydrogen-bond donors (Lipinski definition) is 2. The van der Waals surface area contributed by atoms with Gasteiger partial charge < -0.3 is 5.32 Å². The molecule has 0 unspecified atom stereocenters. The number of rotatable bonds is 7. The third-order valence-electron chi connectivity index (χ3n) is 3.79. The Bertz CT molecular complexity index is 1090. The summed E-state index contributed by atoms with van der Waals surface area (Å²) in [4.78, 5) is 17.1. The number of anilines is 1. The van der Waals surface area contributed by atoms with E-state index in [2.05, 4.69) is 15.0 Å². The molecule has 0 spiro atoms. The molecule has 0 aliphatic carbocycles. The number of nitrogens with zero attached hydrogens (tertiary/aromatic N) is 1. The highest BCUT2D eigenvalue weighted by Gasteiger charge is 2.14. The summed E-state index contributed by atoms with van der Waals surface area (Å²) < 4.78 is 27.4. The first kappa shape index (κ1) is 21.2. The summed E-state index contributed by atoms with van der Waals surface area (Å²) in [7, 11) is -3.69. The van der Waals surface area contributed by atoms with Crippen LogP contribution in [0.5, 0.6) is 0 Å². The van der Waals surface area contributed by atoms with E-state index in [-0.39, 0.29) is 10.8 Å². The van der Waals surface area contributed by atoms with Crippen LogP contribution >= 0.6 is 23.4 Å². The van der Waals surface area contributed by atoms with Crippen LogP contribution in [0.4, 0.5) is 5.69 Å². The lowest BCUT2D eigenvalue weighted by molar-refractivity contribution is 0.0955. The zero-order valence-corrected chi connectivity index (χ0v) is 17.8. The van der Waals surface area contributed by atoms with Crippen molar-refractivity contribution < 1.29 is 13.2 Å². The van der Waals surface area contributed by atoms with Gasteiger partial charge in [-0.2, -0.15) is 0 Å². The third kappa shape index (κ3) is 5.72. The minimum atomic E-state index is -3.69. The highest BCUT2D eigenvalue weighted by atomic mass is 35.5. The van der Waals surface area contributed by atoms with Gasteiger partial charge in [0.05, 0.1) is 10.5 Å². The second kappa shape index (κ2) is 9.30. The Morgan fingerprint density at radius 3 is 2.31 bits per heavy atom. The van der Waals surface area contributed by atoms with Gasteiger partial charge in [-0.15, -0.1) is 0 Å². The van der Waals surface area contributed by atoms with E-state index in [9.17, 15) is 13.2 Å². The third-order valence-corrected chi connectivity index (χ3v) is 6.40. The normalized spacial score (nSPS) is 11.1. The predicted molar refractivity (Wildman–Crippen MR) is 115 cm³/mol. The predicted octanol–water partition coefficient (Wildman–Crippen LogP) is 4.44. The van der Waals surface area contributed by atoms with Crippen LogP contribution in [0, 0.1) is 0 Å². The SMILES string of the molecule is CCNC(=O)c1ccc(Sc2ccc(NS(=O)(=O)c3ccc(Cl)cc3)cc2)nc1. The van der Waals surface area contributed by atoms with Gasteiger partial charge in [-0.25, -0.2) is 13.4 Å². The molecule has 0 saturated carbocycles. The highest BCUT2D eigenvalue weighted by Crippen LogP contribution is 2.28. The molecular formula is C20H18ClN3O3S2. The van der Waals surface area contributed by atoms with Gasteiger partial charge in [-0.05, 0) is 67.6 Å². The lowest BCUT2D eigenvalue weighted by Crippen LogP contribution is -2.22. The van der Waals surface area contributed by atoms with Crippen LogP contribution in [-0.4, -0.2) is 25.9 Å². The van der Waals surface area contributed by atoms with E-state index in [1.807, 2.05) is 6.92 Å². The molecule has 0 atom stereocenters. The second-order valence-electron chi connectivity index (χ2n) is 5.93. The summed E-state index contributed by atoms with van der Waals surface area (Å²) >= 11 is 7.21. The van der Waals surface area contributed by atoms with E-state index in [1.165, 1.54) is 42.2 Å². The number of aromatic nitrogens is 1. The molecule has 0 fully saturated rings. The molecule has 29 heavy (non-hydrogen) atoms. The Morgan fingerprint density at radius 1 is 1.03 bits per heavy atom. The fourth-order valence-corrected chi connectivity index (χ4v) is 4.32. The molecule has 3 aromatic rings. The molecule has 1 amide bonds. The summed E-state index contributed by atoms with van der Waals surface area (Å²) in [6, 6.07) is 16.4. The zero-order chi connectivity index (χ0) is 20.9. The lowest BCUT2D eigenvalue weighted by atomic mass is 10.3. The van der Waals surface area contributed by atoms with Gasteiger partial charge in [0.2, 0.25) is 0 Å². The first-order valence-electron chi connectivity index (χ1n) is 8.68. The van der Waals surface area contributed by atoms with Crippen molar-refractivity contribution in [2.45, 2.75) is 21.7 Å². The van der Waals surface area contributed by atoms with E-state index in [4.69, 9.17) is 11.6 Å². The molecule has 150 valence electrons. The van der Waals surface area contributed by atoms with Gasteiger partial charge >= 0.3 is 0 Å². The van der Waals surface area contributed by atoms with Crippen LogP contribution in [0.15, 0.2) is 81.7 Å². The van der Waals surface area contributed by atoms with Gasteiger partial charge in [0.1, 0.15) is 5.03 Å². The first-order chi connectivity index (χ1) is 13.9. The minimum Gasteiger partial charge on any atom is -0.352 e. The lowest BCUT2D eigenvalue weighted by Gasteiger charge is -2.09. The standard InChI is InChI=1S/C20H18ClN3O3S2/c1-2-22-20(25)14-3-12-19(23-13-14)28-17-8-6-16(7-9-17)24-29(26,27)18-10-4-15(21)5-11-18/h3-13,24H,2H2,1H3,(H,22,25). The van der Waals surface area contributed by atoms with Crippen LogP contribution in [0.25, 0.3) is 0 Å². The van der Waals surface area contributed by atoms with Crippen LogP contribution in [0.1, 0.15) is 17.3 Å². The number of carbonyl (C=O) groups excluding carboxylic acids is 1. The summed E-state index contributed by atoms with van der Waals surface area (Å²) in [5.41, 5.74) is 0.951. The maximum absolute atomic E-state index is 12.4. The molecule has 0 aliphatic rings. The highest BCUT2D eigenvalue weighted by molar-refractivity contribution is 7.99. The number of amides is 1. The Labute approximate surface area is 178 Å².